The van der Waals surface area contributed by atoms with Gasteiger partial charge in [-0.25, -0.2) is 0 Å². The minimum atomic E-state index is 0.647. The molecular weight excluding hydrogens is 228 g/mol. The van der Waals surface area contributed by atoms with Crippen molar-refractivity contribution < 1.29 is 9.47 Å². The highest BCUT2D eigenvalue weighted by Crippen LogP contribution is 2.30. The van der Waals surface area contributed by atoms with E-state index in [1.807, 2.05) is 19.1 Å². The largest absolute Gasteiger partial charge is 0.493 e. The van der Waals surface area contributed by atoms with Gasteiger partial charge in [0, 0.05) is 25.2 Å². The summed E-state index contributed by atoms with van der Waals surface area (Å²) in [6.07, 6.45) is 0. The predicted molar refractivity (Wildman–Crippen MR) is 74.4 cm³/mol. The third kappa shape index (κ3) is 4.55. The molecule has 18 heavy (non-hydrogen) atoms. The molecule has 0 radical (unpaired) electrons. The summed E-state index contributed by atoms with van der Waals surface area (Å²) >= 11 is 0. The molecule has 1 aromatic carbocycles. The average Bonchev–Trinajstić information content (AvgIpc) is 2.35. The van der Waals surface area contributed by atoms with Crippen molar-refractivity contribution in [3.8, 4) is 11.5 Å². The van der Waals surface area contributed by atoms with Crippen LogP contribution >= 0.6 is 0 Å². The van der Waals surface area contributed by atoms with E-state index in [-0.39, 0.29) is 0 Å². The van der Waals surface area contributed by atoms with Gasteiger partial charge >= 0.3 is 0 Å². The van der Waals surface area contributed by atoms with Crippen LogP contribution in [0.1, 0.15) is 12.5 Å². The Balaban J connectivity index is 2.61. The number of benzene rings is 1. The SMILES string of the molecule is CCOc1cccc(CNCCN(C)C)c1OC. The maximum atomic E-state index is 5.55. The summed E-state index contributed by atoms with van der Waals surface area (Å²) in [4.78, 5) is 2.15. The van der Waals surface area contributed by atoms with Crippen molar-refractivity contribution in [2.45, 2.75) is 13.5 Å². The number of rotatable bonds is 8. The fourth-order valence-electron chi connectivity index (χ4n) is 1.73. The number of likely N-dealkylation sites (N-methyl/N-ethyl adjacent to an activating group) is 1. The predicted octanol–water partition coefficient (Wildman–Crippen LogP) is 1.75. The van der Waals surface area contributed by atoms with E-state index in [9.17, 15) is 0 Å². The van der Waals surface area contributed by atoms with Crippen LogP contribution < -0.4 is 14.8 Å². The van der Waals surface area contributed by atoms with E-state index in [1.54, 1.807) is 7.11 Å². The molecule has 0 saturated heterocycles. The van der Waals surface area contributed by atoms with E-state index < -0.39 is 0 Å². The molecular formula is C14H24N2O2. The number of hydrogen-bond donors (Lipinski definition) is 1. The topological polar surface area (TPSA) is 33.7 Å². The molecule has 0 spiro atoms. The fraction of sp³-hybridized carbons (Fsp3) is 0.571. The zero-order valence-corrected chi connectivity index (χ0v) is 11.8. The van der Waals surface area contributed by atoms with Crippen LogP contribution in [0.25, 0.3) is 0 Å². The van der Waals surface area contributed by atoms with Crippen LogP contribution in [-0.4, -0.2) is 45.8 Å². The molecule has 0 saturated carbocycles. The fourth-order valence-corrected chi connectivity index (χ4v) is 1.73. The molecule has 0 atom stereocenters. The van der Waals surface area contributed by atoms with Gasteiger partial charge in [0.05, 0.1) is 13.7 Å². The molecule has 0 unspecified atom stereocenters. The maximum absolute atomic E-state index is 5.55. The Bertz CT molecular complexity index is 354. The van der Waals surface area contributed by atoms with Gasteiger partial charge in [0.15, 0.2) is 11.5 Å². The molecule has 1 N–H and O–H groups in total. The van der Waals surface area contributed by atoms with E-state index in [4.69, 9.17) is 9.47 Å². The first kappa shape index (κ1) is 14.8. The molecule has 0 fully saturated rings. The normalized spacial score (nSPS) is 10.7. The summed E-state index contributed by atoms with van der Waals surface area (Å²) in [5, 5.41) is 3.40. The van der Waals surface area contributed by atoms with Crippen molar-refractivity contribution in [2.24, 2.45) is 0 Å². The smallest absolute Gasteiger partial charge is 0.165 e. The summed E-state index contributed by atoms with van der Waals surface area (Å²) in [5.41, 5.74) is 1.13. The molecule has 0 heterocycles. The van der Waals surface area contributed by atoms with E-state index in [0.29, 0.717) is 6.61 Å². The number of nitrogens with zero attached hydrogens (tertiary/aromatic N) is 1. The number of methoxy groups -OCH3 is 1. The van der Waals surface area contributed by atoms with E-state index in [2.05, 4.69) is 30.4 Å². The molecule has 0 amide bonds. The molecule has 1 aromatic rings. The third-order valence-corrected chi connectivity index (χ3v) is 2.62. The minimum Gasteiger partial charge on any atom is -0.493 e. The van der Waals surface area contributed by atoms with Gasteiger partial charge in [0.2, 0.25) is 0 Å². The highest BCUT2D eigenvalue weighted by Gasteiger charge is 2.09. The summed E-state index contributed by atoms with van der Waals surface area (Å²) < 4.78 is 11.0. The second kappa shape index (κ2) is 7.95. The molecule has 0 aliphatic heterocycles. The summed E-state index contributed by atoms with van der Waals surface area (Å²) in [5.74, 6) is 1.64. The van der Waals surface area contributed by atoms with Gasteiger partial charge in [0.1, 0.15) is 0 Å². The van der Waals surface area contributed by atoms with Crippen molar-refractivity contribution in [1.29, 1.82) is 0 Å². The molecule has 0 aliphatic carbocycles. The van der Waals surface area contributed by atoms with Crippen molar-refractivity contribution in [3.05, 3.63) is 23.8 Å². The first-order valence-corrected chi connectivity index (χ1v) is 6.33. The van der Waals surface area contributed by atoms with Crippen LogP contribution in [0.3, 0.4) is 0 Å². The molecule has 1 rings (SSSR count). The summed E-state index contributed by atoms with van der Waals surface area (Å²) in [7, 11) is 5.82. The minimum absolute atomic E-state index is 0.647. The molecule has 0 aromatic heterocycles. The lowest BCUT2D eigenvalue weighted by atomic mass is 10.2. The second-order valence-electron chi connectivity index (χ2n) is 4.36. The number of para-hydroxylation sites is 1. The highest BCUT2D eigenvalue weighted by atomic mass is 16.5. The zero-order valence-electron chi connectivity index (χ0n) is 11.8. The average molecular weight is 252 g/mol. The standard InChI is InChI=1S/C14H24N2O2/c1-5-18-13-8-6-7-12(14(13)17-4)11-15-9-10-16(2)3/h6-8,15H,5,9-11H2,1-4H3. The van der Waals surface area contributed by atoms with Crippen LogP contribution in [0, 0.1) is 0 Å². The monoisotopic (exact) mass is 252 g/mol. The summed E-state index contributed by atoms with van der Waals surface area (Å²) in [6, 6.07) is 5.99. The third-order valence-electron chi connectivity index (χ3n) is 2.62. The first-order chi connectivity index (χ1) is 8.69. The second-order valence-corrected chi connectivity index (χ2v) is 4.36. The van der Waals surface area contributed by atoms with Crippen molar-refractivity contribution in [1.82, 2.24) is 10.2 Å². The molecule has 0 aliphatic rings. The number of ether oxygens (including phenoxy) is 2. The number of nitrogens with one attached hydrogen (secondary N) is 1. The van der Waals surface area contributed by atoms with Crippen LogP contribution in [0.15, 0.2) is 18.2 Å². The van der Waals surface area contributed by atoms with Gasteiger partial charge in [-0.3, -0.25) is 0 Å². The summed E-state index contributed by atoms with van der Waals surface area (Å²) in [6.45, 7) is 5.38. The van der Waals surface area contributed by atoms with Crippen LogP contribution in [0.2, 0.25) is 0 Å². The quantitative estimate of drug-likeness (QED) is 0.715. The van der Waals surface area contributed by atoms with Gasteiger partial charge < -0.3 is 19.7 Å². The Hall–Kier alpha value is -1.26. The van der Waals surface area contributed by atoms with E-state index in [0.717, 1.165) is 36.7 Å². The van der Waals surface area contributed by atoms with Gasteiger partial charge in [-0.15, -0.1) is 0 Å². The van der Waals surface area contributed by atoms with Crippen LogP contribution in [0.4, 0.5) is 0 Å². The van der Waals surface area contributed by atoms with Gasteiger partial charge in [-0.05, 0) is 27.1 Å². The lowest BCUT2D eigenvalue weighted by molar-refractivity contribution is 0.308. The molecule has 4 heteroatoms. The maximum Gasteiger partial charge on any atom is 0.165 e. The molecule has 4 nitrogen and oxygen atoms in total. The first-order valence-electron chi connectivity index (χ1n) is 6.33. The van der Waals surface area contributed by atoms with E-state index in [1.165, 1.54) is 0 Å². The lowest BCUT2D eigenvalue weighted by Gasteiger charge is -2.15. The van der Waals surface area contributed by atoms with Crippen LogP contribution in [-0.2, 0) is 6.54 Å². The van der Waals surface area contributed by atoms with Crippen LogP contribution in [0.5, 0.6) is 11.5 Å². The Morgan fingerprint density at radius 1 is 1.28 bits per heavy atom. The van der Waals surface area contributed by atoms with Crippen molar-refractivity contribution in [3.63, 3.8) is 0 Å². The Kier molecular flexibility index (Phi) is 6.54. The Labute approximate surface area is 110 Å². The van der Waals surface area contributed by atoms with Gasteiger partial charge in [-0.2, -0.15) is 0 Å². The molecule has 0 bridgehead atoms. The van der Waals surface area contributed by atoms with Crippen molar-refractivity contribution >= 4 is 0 Å². The lowest BCUT2D eigenvalue weighted by Crippen LogP contribution is -2.26. The van der Waals surface area contributed by atoms with Gasteiger partial charge in [-0.1, -0.05) is 12.1 Å². The Morgan fingerprint density at radius 2 is 2.06 bits per heavy atom. The van der Waals surface area contributed by atoms with Crippen molar-refractivity contribution in [2.75, 3.05) is 40.9 Å². The molecule has 102 valence electrons. The van der Waals surface area contributed by atoms with Gasteiger partial charge in [0.25, 0.3) is 0 Å². The Morgan fingerprint density at radius 3 is 2.67 bits per heavy atom. The van der Waals surface area contributed by atoms with E-state index >= 15 is 0 Å². The number of hydrogen-bond acceptors (Lipinski definition) is 4. The zero-order chi connectivity index (χ0) is 13.4. The highest BCUT2D eigenvalue weighted by molar-refractivity contribution is 5.46.